The van der Waals surface area contributed by atoms with Gasteiger partial charge in [-0.3, -0.25) is 14.4 Å². The second-order valence-electron chi connectivity index (χ2n) is 6.88. The van der Waals surface area contributed by atoms with Gasteiger partial charge in [0.2, 0.25) is 5.78 Å². The molecule has 1 saturated carbocycles. The fourth-order valence-electron chi connectivity index (χ4n) is 3.23. The molecule has 3 rings (SSSR count). The van der Waals surface area contributed by atoms with Gasteiger partial charge in [-0.15, -0.1) is 0 Å². The lowest BCUT2D eigenvalue weighted by atomic mass is 10.1. The zero-order valence-electron chi connectivity index (χ0n) is 16.3. The number of hydrogen-bond acceptors (Lipinski definition) is 5. The van der Waals surface area contributed by atoms with E-state index in [-0.39, 0.29) is 18.9 Å². The third kappa shape index (κ3) is 4.42. The highest BCUT2D eigenvalue weighted by Gasteiger charge is 2.28. The molecule has 0 radical (unpaired) electrons. The van der Waals surface area contributed by atoms with Gasteiger partial charge < -0.3 is 19.4 Å². The highest BCUT2D eigenvalue weighted by Crippen LogP contribution is 2.38. The molecule has 0 unspecified atom stereocenters. The van der Waals surface area contributed by atoms with Gasteiger partial charge in [-0.1, -0.05) is 0 Å². The van der Waals surface area contributed by atoms with Crippen LogP contribution in [0.3, 0.4) is 0 Å². The number of aromatic nitrogens is 1. The van der Waals surface area contributed by atoms with Gasteiger partial charge in [-0.2, -0.15) is 0 Å². The Bertz CT molecular complexity index is 894. The Labute approximate surface area is 163 Å². The first-order valence-electron chi connectivity index (χ1n) is 9.20. The summed E-state index contributed by atoms with van der Waals surface area (Å²) in [5, 5.41) is 2.48. The lowest BCUT2D eigenvalue weighted by Gasteiger charge is -2.08. The van der Waals surface area contributed by atoms with Crippen LogP contribution in [-0.4, -0.2) is 42.5 Å². The van der Waals surface area contributed by atoms with E-state index >= 15 is 0 Å². The van der Waals surface area contributed by atoms with Crippen LogP contribution in [0.15, 0.2) is 30.3 Å². The van der Waals surface area contributed by atoms with Crippen molar-refractivity contribution >= 4 is 17.7 Å². The quantitative estimate of drug-likeness (QED) is 0.558. The third-order valence-corrected chi connectivity index (χ3v) is 4.81. The molecule has 1 aromatic carbocycles. The summed E-state index contributed by atoms with van der Waals surface area (Å²) in [4.78, 5) is 36.3. The number of nitrogens with one attached hydrogen (secondary N) is 1. The average molecular weight is 384 g/mol. The number of hydrogen-bond donors (Lipinski definition) is 1. The van der Waals surface area contributed by atoms with Gasteiger partial charge in [0.15, 0.2) is 6.61 Å². The van der Waals surface area contributed by atoms with Crippen molar-refractivity contribution in [2.24, 2.45) is 0 Å². The Morgan fingerprint density at radius 1 is 1.14 bits per heavy atom. The zero-order valence-corrected chi connectivity index (χ0v) is 16.3. The van der Waals surface area contributed by atoms with E-state index in [1.807, 2.05) is 19.9 Å². The molecule has 0 saturated heterocycles. The summed E-state index contributed by atoms with van der Waals surface area (Å²) in [5.41, 5.74) is 2.94. The highest BCUT2D eigenvalue weighted by molar-refractivity contribution is 6.00. The number of carbonyl (C=O) groups excluding carboxylic acids is 3. The van der Waals surface area contributed by atoms with Crippen LogP contribution in [0.2, 0.25) is 0 Å². The van der Waals surface area contributed by atoms with E-state index in [0.717, 1.165) is 24.2 Å². The molecule has 1 N–H and O–H groups in total. The molecular weight excluding hydrogens is 360 g/mol. The van der Waals surface area contributed by atoms with Crippen LogP contribution in [-0.2, 0) is 9.53 Å². The van der Waals surface area contributed by atoms with Crippen LogP contribution in [0.25, 0.3) is 0 Å². The van der Waals surface area contributed by atoms with Crippen molar-refractivity contribution in [3.05, 3.63) is 52.8 Å². The summed E-state index contributed by atoms with van der Waals surface area (Å²) in [6, 6.07) is 8.83. The van der Waals surface area contributed by atoms with Crippen LogP contribution in [0.4, 0.5) is 0 Å². The summed E-state index contributed by atoms with van der Waals surface area (Å²) < 4.78 is 12.2. The van der Waals surface area contributed by atoms with E-state index in [4.69, 9.17) is 9.47 Å². The maximum absolute atomic E-state index is 12.4. The Morgan fingerprint density at radius 2 is 1.82 bits per heavy atom. The molecule has 28 heavy (non-hydrogen) atoms. The standard InChI is InChI=1S/C21H24N2O5/c1-13-10-18(14(2)23(13)16-6-7-16)19(24)12-28-20(25)11-22-21(26)15-4-8-17(27-3)9-5-15/h4-5,8-10,16H,6-7,11-12H2,1-3H3,(H,22,26). The van der Waals surface area contributed by atoms with E-state index < -0.39 is 11.9 Å². The first-order valence-corrected chi connectivity index (χ1v) is 9.20. The van der Waals surface area contributed by atoms with Crippen molar-refractivity contribution in [2.45, 2.75) is 32.7 Å². The number of Topliss-reactive ketones (excluding diaryl/α,β-unsaturated/α-hetero) is 1. The number of ether oxygens (including phenoxy) is 2. The number of ketones is 1. The molecule has 148 valence electrons. The molecule has 1 aromatic heterocycles. The Balaban J connectivity index is 1.48. The molecule has 1 aliphatic carbocycles. The number of amides is 1. The molecule has 0 atom stereocenters. The van der Waals surface area contributed by atoms with Gasteiger partial charge >= 0.3 is 5.97 Å². The highest BCUT2D eigenvalue weighted by atomic mass is 16.5. The number of nitrogens with zero attached hydrogens (tertiary/aromatic N) is 1. The van der Waals surface area contributed by atoms with Crippen LogP contribution in [0, 0.1) is 13.8 Å². The average Bonchev–Trinajstić information content (AvgIpc) is 3.48. The van der Waals surface area contributed by atoms with Crippen LogP contribution < -0.4 is 10.1 Å². The van der Waals surface area contributed by atoms with Crippen LogP contribution >= 0.6 is 0 Å². The predicted molar refractivity (Wildman–Crippen MR) is 103 cm³/mol. The van der Waals surface area contributed by atoms with Crippen molar-refractivity contribution in [3.63, 3.8) is 0 Å². The van der Waals surface area contributed by atoms with E-state index in [1.54, 1.807) is 24.3 Å². The maximum Gasteiger partial charge on any atom is 0.325 e. The van der Waals surface area contributed by atoms with E-state index in [2.05, 4.69) is 9.88 Å². The number of carbonyl (C=O) groups is 3. The molecule has 1 amide bonds. The monoisotopic (exact) mass is 384 g/mol. The fourth-order valence-corrected chi connectivity index (χ4v) is 3.23. The first-order chi connectivity index (χ1) is 13.4. The van der Waals surface area contributed by atoms with E-state index in [9.17, 15) is 14.4 Å². The van der Waals surface area contributed by atoms with Gasteiger partial charge in [-0.25, -0.2) is 0 Å². The smallest absolute Gasteiger partial charge is 0.325 e. The first kappa shape index (κ1) is 19.7. The number of esters is 1. The molecule has 1 fully saturated rings. The minimum Gasteiger partial charge on any atom is -0.497 e. The second kappa shape index (κ2) is 8.29. The number of rotatable bonds is 8. The molecule has 2 aromatic rings. The summed E-state index contributed by atoms with van der Waals surface area (Å²) >= 11 is 0. The lowest BCUT2D eigenvalue weighted by Crippen LogP contribution is -2.31. The van der Waals surface area contributed by atoms with Gasteiger partial charge in [-0.05, 0) is 57.0 Å². The van der Waals surface area contributed by atoms with E-state index in [1.165, 1.54) is 7.11 Å². The Hall–Kier alpha value is -3.09. The molecule has 0 bridgehead atoms. The normalized spacial score (nSPS) is 13.1. The molecule has 0 aliphatic heterocycles. The molecular formula is C21H24N2O5. The molecule has 1 aliphatic rings. The van der Waals surface area contributed by atoms with Crippen molar-refractivity contribution in [1.29, 1.82) is 0 Å². The summed E-state index contributed by atoms with van der Waals surface area (Å²) in [6.45, 7) is 3.24. The zero-order chi connectivity index (χ0) is 20.3. The minimum absolute atomic E-state index is 0.241. The SMILES string of the molecule is COc1ccc(C(=O)NCC(=O)OCC(=O)c2cc(C)n(C3CC3)c2C)cc1. The van der Waals surface area contributed by atoms with Crippen molar-refractivity contribution in [2.75, 3.05) is 20.3 Å². The van der Waals surface area contributed by atoms with Gasteiger partial charge in [0.1, 0.15) is 12.3 Å². The van der Waals surface area contributed by atoms with Gasteiger partial charge in [0.05, 0.1) is 7.11 Å². The number of benzene rings is 1. The second-order valence-corrected chi connectivity index (χ2v) is 6.88. The van der Waals surface area contributed by atoms with E-state index in [0.29, 0.717) is 22.9 Å². The Morgan fingerprint density at radius 3 is 2.43 bits per heavy atom. The van der Waals surface area contributed by atoms with Crippen LogP contribution in [0.1, 0.15) is 51.0 Å². The molecule has 7 nitrogen and oxygen atoms in total. The summed E-state index contributed by atoms with van der Waals surface area (Å²) in [7, 11) is 1.54. The predicted octanol–water partition coefficient (Wildman–Crippen LogP) is 2.60. The fraction of sp³-hybridized carbons (Fsp3) is 0.381. The maximum atomic E-state index is 12.4. The number of aryl methyl sites for hydroxylation is 1. The Kier molecular flexibility index (Phi) is 5.82. The van der Waals surface area contributed by atoms with Crippen LogP contribution in [0.5, 0.6) is 5.75 Å². The molecule has 1 heterocycles. The number of methoxy groups -OCH3 is 1. The summed E-state index contributed by atoms with van der Waals surface area (Å²) in [6.07, 6.45) is 2.26. The topological polar surface area (TPSA) is 86.6 Å². The van der Waals surface area contributed by atoms with Crippen molar-refractivity contribution in [1.82, 2.24) is 9.88 Å². The van der Waals surface area contributed by atoms with Crippen molar-refractivity contribution in [3.8, 4) is 5.75 Å². The lowest BCUT2D eigenvalue weighted by molar-refractivity contribution is -0.141. The van der Waals surface area contributed by atoms with Crippen molar-refractivity contribution < 1.29 is 23.9 Å². The molecule has 7 heteroatoms. The largest absolute Gasteiger partial charge is 0.497 e. The summed E-state index contributed by atoms with van der Waals surface area (Å²) in [5.74, 6) is -0.671. The minimum atomic E-state index is -0.661. The van der Waals surface area contributed by atoms with Gasteiger partial charge in [0, 0.05) is 28.6 Å². The van der Waals surface area contributed by atoms with Gasteiger partial charge in [0.25, 0.3) is 5.91 Å². The third-order valence-electron chi connectivity index (χ3n) is 4.81. The molecule has 0 spiro atoms.